The average molecular weight is 912 g/mol. The van der Waals surface area contributed by atoms with Gasteiger partial charge >= 0.3 is 5.97 Å². The minimum absolute atomic E-state index is 0.0530. The topological polar surface area (TPSA) is 105 Å². The molecule has 8 rings (SSSR count). The second kappa shape index (κ2) is 19.1. The molecule has 0 unspecified atom stereocenters. The molecule has 0 radical (unpaired) electrons. The number of esters is 1. The number of ether oxygens (including phenoxy) is 6. The van der Waals surface area contributed by atoms with Gasteiger partial charge < -0.3 is 33.3 Å². The Morgan fingerprint density at radius 2 is 1.75 bits per heavy atom. The molecule has 4 bridgehead atoms. The maximum Gasteiger partial charge on any atom is 0.348 e. The number of allylic oxidation sites excluding steroid dienone is 2. The molecular formula is C46H60Cl2N4O7SSi. The molecule has 2 atom stereocenters. The number of halogens is 2. The third kappa shape index (κ3) is 11.0. The number of nitrogens with zero attached hydrogens (tertiary/aromatic N) is 4. The Bertz CT molecular complexity index is 2240. The number of hydrogen-bond acceptors (Lipinski definition) is 12. The highest BCUT2D eigenvalue weighted by atomic mass is 35.5. The number of hydrogen-bond donors (Lipinski definition) is 0. The van der Waals surface area contributed by atoms with Crippen molar-refractivity contribution in [2.45, 2.75) is 104 Å². The first kappa shape index (κ1) is 45.6. The van der Waals surface area contributed by atoms with Crippen LogP contribution in [0.4, 0.5) is 0 Å². The predicted molar refractivity (Wildman–Crippen MR) is 248 cm³/mol. The van der Waals surface area contributed by atoms with Crippen molar-refractivity contribution in [1.82, 2.24) is 19.8 Å². The Morgan fingerprint density at radius 3 is 2.43 bits per heavy atom. The van der Waals surface area contributed by atoms with E-state index in [1.807, 2.05) is 52.8 Å². The van der Waals surface area contributed by atoms with E-state index in [-0.39, 0.29) is 25.7 Å². The lowest BCUT2D eigenvalue weighted by Crippen LogP contribution is -2.49. The lowest BCUT2D eigenvalue weighted by atomic mass is 9.91. The number of aromatic nitrogens is 2. The number of likely N-dealkylation sites (N-methyl/N-ethyl adjacent to an activating group) is 1. The number of carbonyl (C=O) groups is 1. The fourth-order valence-corrected chi connectivity index (χ4v) is 10.4. The van der Waals surface area contributed by atoms with E-state index in [2.05, 4.69) is 42.6 Å². The number of fused-ring (bicyclic) bond motifs is 7. The molecule has 330 valence electrons. The van der Waals surface area contributed by atoms with Gasteiger partial charge in [0, 0.05) is 69.8 Å². The SMILES string of the molecule is Cc1c(Cl)c2c(Cl)c(C)c1-c1c(C3=CCCC3)sc3ncnc(c13)O[C@@H](C(=O)OC(C)(C)C)Cc1cc(ccc1OCOCC[Si](C)(C)C)OC[C@@H](CN1CCN(C)CC1)O2. The van der Waals surface area contributed by atoms with Gasteiger partial charge in [-0.25, -0.2) is 14.8 Å². The number of thiophene rings is 1. The van der Waals surface area contributed by atoms with Crippen LogP contribution in [0.15, 0.2) is 30.6 Å². The standard InChI is InChI=1S/C46H60Cl2N4O7SSi/c1-28-36-29(2)40(48)41(39(28)47)57-33(24-52-18-16-51(6)17-19-52)25-55-32-14-15-34(56-27-54-20-21-61(7,8)9)31(22-32)23-35(45(53)59-46(3,4)5)58-43-38-37(36)42(30-12-10-11-13-30)60-44(38)50-26-49-43/h12,14-15,22,26,33,35H,10-11,13,16-21,23-25,27H2,1-9H3/t33-,35-/m1/s1. The molecule has 0 saturated carbocycles. The third-order valence-corrected chi connectivity index (χ3v) is 15.1. The molecule has 3 aliphatic heterocycles. The fraction of sp³-hybridized carbons (Fsp3) is 0.543. The van der Waals surface area contributed by atoms with E-state index in [0.29, 0.717) is 51.4 Å². The van der Waals surface area contributed by atoms with E-state index in [0.717, 1.165) is 83.4 Å². The van der Waals surface area contributed by atoms with Crippen LogP contribution in [-0.2, 0) is 20.7 Å². The normalized spacial score (nSPS) is 19.2. The molecule has 2 aromatic carbocycles. The van der Waals surface area contributed by atoms with Crippen molar-refractivity contribution in [3.05, 3.63) is 62.2 Å². The van der Waals surface area contributed by atoms with Gasteiger partial charge in [-0.3, -0.25) is 4.90 Å². The summed E-state index contributed by atoms with van der Waals surface area (Å²) in [6.07, 6.45) is 5.24. The summed E-state index contributed by atoms with van der Waals surface area (Å²) < 4.78 is 38.6. The van der Waals surface area contributed by atoms with Crippen LogP contribution in [-0.4, -0.2) is 111 Å². The van der Waals surface area contributed by atoms with Gasteiger partial charge in [0.25, 0.3) is 0 Å². The summed E-state index contributed by atoms with van der Waals surface area (Å²) in [5, 5.41) is 1.52. The molecule has 4 aliphatic rings. The summed E-state index contributed by atoms with van der Waals surface area (Å²) in [6.45, 7) is 21.6. The van der Waals surface area contributed by atoms with E-state index < -0.39 is 31.9 Å². The monoisotopic (exact) mass is 910 g/mol. The number of piperazine rings is 1. The summed E-state index contributed by atoms with van der Waals surface area (Å²) in [7, 11) is 0.837. The quantitative estimate of drug-likeness (QED) is 0.0657. The van der Waals surface area contributed by atoms with Crippen molar-refractivity contribution in [3.8, 4) is 34.3 Å². The van der Waals surface area contributed by atoms with Crippen LogP contribution in [0, 0.1) is 13.8 Å². The third-order valence-electron chi connectivity index (χ3n) is 11.3. The van der Waals surface area contributed by atoms with Crippen LogP contribution in [0.2, 0.25) is 35.7 Å². The predicted octanol–water partition coefficient (Wildman–Crippen LogP) is 10.3. The molecular weight excluding hydrogens is 852 g/mol. The Kier molecular flexibility index (Phi) is 14.3. The van der Waals surface area contributed by atoms with Gasteiger partial charge in [0.05, 0.1) is 15.4 Å². The van der Waals surface area contributed by atoms with E-state index in [9.17, 15) is 4.79 Å². The highest BCUT2D eigenvalue weighted by Crippen LogP contribution is 2.53. The van der Waals surface area contributed by atoms with Gasteiger partial charge in [0.15, 0.2) is 12.5 Å². The van der Waals surface area contributed by atoms with E-state index in [1.54, 1.807) is 11.3 Å². The molecule has 5 heterocycles. The molecule has 2 aromatic heterocycles. The Hall–Kier alpha value is -3.43. The maximum atomic E-state index is 14.3. The molecule has 15 heteroatoms. The first-order chi connectivity index (χ1) is 29.0. The van der Waals surface area contributed by atoms with E-state index >= 15 is 0 Å². The molecule has 1 aliphatic carbocycles. The van der Waals surface area contributed by atoms with Crippen molar-refractivity contribution in [2.75, 3.05) is 59.8 Å². The van der Waals surface area contributed by atoms with E-state index in [1.165, 1.54) is 11.9 Å². The van der Waals surface area contributed by atoms with Gasteiger partial charge in [-0.15, -0.1) is 11.3 Å². The van der Waals surface area contributed by atoms with Crippen LogP contribution in [0.25, 0.3) is 26.9 Å². The summed E-state index contributed by atoms with van der Waals surface area (Å²) in [4.78, 5) is 30.3. The first-order valence-corrected chi connectivity index (χ1v) is 26.6. The smallest absolute Gasteiger partial charge is 0.348 e. The molecule has 0 amide bonds. The molecule has 4 aromatic rings. The largest absolute Gasteiger partial charge is 0.490 e. The van der Waals surface area contributed by atoms with Crippen molar-refractivity contribution in [1.29, 1.82) is 0 Å². The van der Waals surface area contributed by atoms with Crippen LogP contribution in [0.3, 0.4) is 0 Å². The van der Waals surface area contributed by atoms with Gasteiger partial charge in [0.2, 0.25) is 12.0 Å². The van der Waals surface area contributed by atoms with Crippen LogP contribution in [0.5, 0.6) is 23.1 Å². The van der Waals surface area contributed by atoms with Gasteiger partial charge in [-0.1, -0.05) is 48.9 Å². The van der Waals surface area contributed by atoms with Gasteiger partial charge in [-0.2, -0.15) is 0 Å². The number of benzene rings is 2. The molecule has 0 spiro atoms. The first-order valence-electron chi connectivity index (χ1n) is 21.3. The Morgan fingerprint density at radius 1 is 1.02 bits per heavy atom. The molecule has 1 saturated heterocycles. The van der Waals surface area contributed by atoms with Crippen LogP contribution in [0.1, 0.15) is 61.6 Å². The molecule has 0 N–H and O–H groups in total. The molecule has 11 nitrogen and oxygen atoms in total. The lowest BCUT2D eigenvalue weighted by Gasteiger charge is -2.35. The summed E-state index contributed by atoms with van der Waals surface area (Å²) in [6, 6.07) is 6.61. The number of carbonyl (C=O) groups excluding carboxylic acids is 1. The Balaban J connectivity index is 1.39. The zero-order valence-electron chi connectivity index (χ0n) is 37.0. The lowest BCUT2D eigenvalue weighted by molar-refractivity contribution is -0.163. The highest BCUT2D eigenvalue weighted by molar-refractivity contribution is 7.20. The molecule has 61 heavy (non-hydrogen) atoms. The minimum atomic E-state index is -1.30. The van der Waals surface area contributed by atoms with E-state index in [4.69, 9.17) is 61.6 Å². The molecule has 1 fully saturated rings. The van der Waals surface area contributed by atoms with Crippen molar-refractivity contribution >= 4 is 64.4 Å². The summed E-state index contributed by atoms with van der Waals surface area (Å²) in [5.41, 5.74) is 4.46. The van der Waals surface area contributed by atoms with Gasteiger partial charge in [0.1, 0.15) is 41.0 Å². The zero-order chi connectivity index (χ0) is 43.6. The number of rotatable bonds is 10. The maximum absolute atomic E-state index is 14.3. The minimum Gasteiger partial charge on any atom is -0.490 e. The van der Waals surface area contributed by atoms with Crippen molar-refractivity contribution in [2.24, 2.45) is 0 Å². The second-order valence-corrected chi connectivity index (χ2v) is 26.0. The zero-order valence-corrected chi connectivity index (χ0v) is 40.4. The van der Waals surface area contributed by atoms with Gasteiger partial charge in [-0.05, 0) is 107 Å². The van der Waals surface area contributed by atoms with Crippen molar-refractivity contribution < 1.29 is 33.2 Å². The van der Waals surface area contributed by atoms with Crippen LogP contribution >= 0.6 is 34.5 Å². The van der Waals surface area contributed by atoms with Crippen LogP contribution < -0.4 is 18.9 Å². The summed E-state index contributed by atoms with van der Waals surface area (Å²) in [5.74, 6) is 1.25. The Labute approximate surface area is 375 Å². The average Bonchev–Trinajstić information content (AvgIpc) is 3.87. The highest BCUT2D eigenvalue weighted by Gasteiger charge is 2.34. The fourth-order valence-electron chi connectivity index (χ4n) is 7.92. The van der Waals surface area contributed by atoms with Crippen molar-refractivity contribution in [3.63, 3.8) is 0 Å². The summed E-state index contributed by atoms with van der Waals surface area (Å²) >= 11 is 16.4. The second-order valence-electron chi connectivity index (χ2n) is 18.6.